The summed E-state index contributed by atoms with van der Waals surface area (Å²) in [5.41, 5.74) is 0.692. The normalized spacial score (nSPS) is 10.8. The van der Waals surface area contributed by atoms with Crippen LogP contribution < -0.4 is 5.32 Å². The highest BCUT2D eigenvalue weighted by atomic mass is 79.9. The minimum atomic E-state index is -0.0356. The summed E-state index contributed by atoms with van der Waals surface area (Å²) in [7, 11) is 1.66. The van der Waals surface area contributed by atoms with E-state index in [0.29, 0.717) is 24.5 Å². The Hall–Kier alpha value is -1.47. The van der Waals surface area contributed by atoms with Crippen LogP contribution in [-0.2, 0) is 9.53 Å². The Bertz CT molecular complexity index is 570. The predicted molar refractivity (Wildman–Crippen MR) is 75.0 cm³/mol. The number of fused-ring (bicyclic) bond motifs is 1. The van der Waals surface area contributed by atoms with Gasteiger partial charge in [0.05, 0.1) is 12.4 Å². The third-order valence-corrected chi connectivity index (χ3v) is 2.99. The number of rotatable bonds is 6. The monoisotopic (exact) mass is 326 g/mol. The van der Waals surface area contributed by atoms with Crippen LogP contribution in [0, 0.1) is 0 Å². The molecule has 6 nitrogen and oxygen atoms in total. The Labute approximate surface area is 119 Å². The maximum Gasteiger partial charge on any atom is 0.225 e. The van der Waals surface area contributed by atoms with Crippen LogP contribution in [0.25, 0.3) is 5.65 Å². The Kier molecular flexibility index (Phi) is 4.86. The number of halogens is 1. The molecule has 2 aromatic heterocycles. The highest BCUT2D eigenvalue weighted by molar-refractivity contribution is 9.10. The number of anilines is 1. The number of aromatic nitrogens is 3. The molecule has 0 saturated heterocycles. The van der Waals surface area contributed by atoms with Crippen LogP contribution in [0.4, 0.5) is 5.82 Å². The van der Waals surface area contributed by atoms with E-state index in [1.807, 2.05) is 0 Å². The minimum absolute atomic E-state index is 0.0356. The van der Waals surface area contributed by atoms with E-state index in [1.54, 1.807) is 30.1 Å². The number of amides is 1. The summed E-state index contributed by atoms with van der Waals surface area (Å²) < 4.78 is 7.45. The first-order chi connectivity index (χ1) is 9.19. The molecule has 0 radical (unpaired) electrons. The van der Waals surface area contributed by atoms with E-state index in [-0.39, 0.29) is 5.91 Å². The maximum atomic E-state index is 11.7. The zero-order chi connectivity index (χ0) is 13.7. The highest BCUT2D eigenvalue weighted by Gasteiger charge is 2.06. The summed E-state index contributed by atoms with van der Waals surface area (Å²) >= 11 is 3.28. The van der Waals surface area contributed by atoms with E-state index >= 15 is 0 Å². The lowest BCUT2D eigenvalue weighted by Gasteiger charge is -2.01. The standard InChI is InChI=1S/C12H15BrN4O2/c1-19-5-3-2-4-12(18)16-10-8-17-7-9(13)14-6-11(17)15-10/h6-8H,2-5H2,1H3,(H,16,18). The highest BCUT2D eigenvalue weighted by Crippen LogP contribution is 2.12. The van der Waals surface area contributed by atoms with Crippen molar-refractivity contribution in [1.29, 1.82) is 0 Å². The van der Waals surface area contributed by atoms with Crippen LogP contribution in [0.2, 0.25) is 0 Å². The third-order valence-electron chi connectivity index (χ3n) is 2.58. The van der Waals surface area contributed by atoms with Gasteiger partial charge in [0.15, 0.2) is 11.5 Å². The third kappa shape index (κ3) is 4.00. The number of carbonyl (C=O) groups is 1. The number of nitrogens with one attached hydrogen (secondary N) is 1. The lowest BCUT2D eigenvalue weighted by atomic mass is 10.2. The SMILES string of the molecule is COCCCCC(=O)Nc1cn2cc(Br)ncc2n1. The minimum Gasteiger partial charge on any atom is -0.385 e. The van der Waals surface area contributed by atoms with Crippen LogP contribution in [0.3, 0.4) is 0 Å². The second-order valence-electron chi connectivity index (χ2n) is 4.10. The fourth-order valence-corrected chi connectivity index (χ4v) is 1.99. The number of ether oxygens (including phenoxy) is 1. The molecule has 0 aromatic carbocycles. The molecular formula is C12H15BrN4O2. The molecule has 0 atom stereocenters. The van der Waals surface area contributed by atoms with Gasteiger partial charge in [-0.2, -0.15) is 0 Å². The van der Waals surface area contributed by atoms with Crippen molar-refractivity contribution in [3.63, 3.8) is 0 Å². The zero-order valence-corrected chi connectivity index (χ0v) is 12.2. The van der Waals surface area contributed by atoms with Crippen molar-refractivity contribution >= 4 is 33.3 Å². The van der Waals surface area contributed by atoms with Gasteiger partial charge in [-0.3, -0.25) is 4.79 Å². The van der Waals surface area contributed by atoms with Gasteiger partial charge < -0.3 is 14.5 Å². The summed E-state index contributed by atoms with van der Waals surface area (Å²) in [6.07, 6.45) is 7.34. The van der Waals surface area contributed by atoms with E-state index in [1.165, 1.54) is 0 Å². The first-order valence-electron chi connectivity index (χ1n) is 5.98. The average molecular weight is 327 g/mol. The molecule has 0 aliphatic rings. The predicted octanol–water partition coefficient (Wildman–Crippen LogP) is 2.25. The molecule has 0 aliphatic carbocycles. The lowest BCUT2D eigenvalue weighted by Crippen LogP contribution is -2.11. The molecule has 7 heteroatoms. The van der Waals surface area contributed by atoms with Crippen LogP contribution in [0.5, 0.6) is 0 Å². The largest absolute Gasteiger partial charge is 0.385 e. The number of imidazole rings is 1. The Morgan fingerprint density at radius 1 is 1.47 bits per heavy atom. The zero-order valence-electron chi connectivity index (χ0n) is 10.6. The topological polar surface area (TPSA) is 68.5 Å². The number of carbonyl (C=O) groups excluding carboxylic acids is 1. The first kappa shape index (κ1) is 14.0. The number of nitrogens with zero attached hydrogens (tertiary/aromatic N) is 3. The molecule has 2 heterocycles. The first-order valence-corrected chi connectivity index (χ1v) is 6.77. The number of hydrogen-bond donors (Lipinski definition) is 1. The Morgan fingerprint density at radius 2 is 2.32 bits per heavy atom. The van der Waals surface area contributed by atoms with Gasteiger partial charge in [-0.05, 0) is 28.8 Å². The Morgan fingerprint density at radius 3 is 3.11 bits per heavy atom. The number of methoxy groups -OCH3 is 1. The quantitative estimate of drug-likeness (QED) is 0.826. The average Bonchev–Trinajstić information content (AvgIpc) is 2.76. The molecule has 0 spiro atoms. The van der Waals surface area contributed by atoms with Gasteiger partial charge in [0.1, 0.15) is 4.60 Å². The summed E-state index contributed by atoms with van der Waals surface area (Å²) in [4.78, 5) is 20.0. The van der Waals surface area contributed by atoms with Crippen LogP contribution in [-0.4, -0.2) is 34.0 Å². The van der Waals surface area contributed by atoms with Crippen LogP contribution in [0.1, 0.15) is 19.3 Å². The van der Waals surface area contributed by atoms with Gasteiger partial charge in [0.25, 0.3) is 0 Å². The summed E-state index contributed by atoms with van der Waals surface area (Å²) in [6.45, 7) is 0.682. The Balaban J connectivity index is 1.91. The molecule has 2 aromatic rings. The van der Waals surface area contributed by atoms with Gasteiger partial charge >= 0.3 is 0 Å². The molecule has 0 bridgehead atoms. The fourth-order valence-electron chi connectivity index (χ4n) is 1.67. The van der Waals surface area contributed by atoms with Crippen molar-refractivity contribution in [3.8, 4) is 0 Å². The number of unbranched alkanes of at least 4 members (excludes halogenated alkanes) is 1. The van der Waals surface area contributed by atoms with Gasteiger partial charge in [0, 0.05) is 26.3 Å². The molecule has 2 rings (SSSR count). The second-order valence-corrected chi connectivity index (χ2v) is 4.91. The summed E-state index contributed by atoms with van der Waals surface area (Å²) in [5, 5.41) is 2.77. The van der Waals surface area contributed by atoms with E-state index in [0.717, 1.165) is 17.4 Å². The molecule has 1 N–H and O–H groups in total. The maximum absolute atomic E-state index is 11.7. The molecule has 0 aliphatic heterocycles. The molecule has 1 amide bonds. The van der Waals surface area contributed by atoms with Crippen LogP contribution in [0.15, 0.2) is 23.2 Å². The van der Waals surface area contributed by atoms with Gasteiger partial charge in [-0.15, -0.1) is 0 Å². The molecule has 102 valence electrons. The summed E-state index contributed by atoms with van der Waals surface area (Å²) in [6, 6.07) is 0. The van der Waals surface area contributed by atoms with E-state index < -0.39 is 0 Å². The molecule has 19 heavy (non-hydrogen) atoms. The van der Waals surface area contributed by atoms with Crippen molar-refractivity contribution < 1.29 is 9.53 Å². The van der Waals surface area contributed by atoms with Crippen molar-refractivity contribution in [2.45, 2.75) is 19.3 Å². The van der Waals surface area contributed by atoms with E-state index in [4.69, 9.17) is 4.74 Å². The molecule has 0 unspecified atom stereocenters. The second kappa shape index (κ2) is 6.63. The number of hydrogen-bond acceptors (Lipinski definition) is 4. The van der Waals surface area contributed by atoms with Crippen molar-refractivity contribution in [3.05, 3.63) is 23.2 Å². The van der Waals surface area contributed by atoms with Crippen molar-refractivity contribution in [2.75, 3.05) is 19.0 Å². The molecule has 0 saturated carbocycles. The van der Waals surface area contributed by atoms with Crippen molar-refractivity contribution in [2.24, 2.45) is 0 Å². The van der Waals surface area contributed by atoms with E-state index in [9.17, 15) is 4.79 Å². The van der Waals surface area contributed by atoms with Gasteiger partial charge in [-0.1, -0.05) is 0 Å². The van der Waals surface area contributed by atoms with Gasteiger partial charge in [-0.25, -0.2) is 9.97 Å². The fraction of sp³-hybridized carbons (Fsp3) is 0.417. The molecular weight excluding hydrogens is 312 g/mol. The lowest BCUT2D eigenvalue weighted by molar-refractivity contribution is -0.116. The van der Waals surface area contributed by atoms with Crippen molar-refractivity contribution in [1.82, 2.24) is 14.4 Å². The van der Waals surface area contributed by atoms with Crippen LogP contribution >= 0.6 is 15.9 Å². The molecule has 0 fully saturated rings. The smallest absolute Gasteiger partial charge is 0.225 e. The van der Waals surface area contributed by atoms with Gasteiger partial charge in [0.2, 0.25) is 5.91 Å². The summed E-state index contributed by atoms with van der Waals surface area (Å²) in [5.74, 6) is 0.503. The van der Waals surface area contributed by atoms with E-state index in [2.05, 4.69) is 31.2 Å².